The van der Waals surface area contributed by atoms with E-state index >= 15 is 0 Å². The Balaban J connectivity index is 1.63. The fourth-order valence-electron chi connectivity index (χ4n) is 3.16. The van der Waals surface area contributed by atoms with Crippen LogP contribution < -0.4 is 5.69 Å². The summed E-state index contributed by atoms with van der Waals surface area (Å²) in [6, 6.07) is 3.83. The Labute approximate surface area is 146 Å². The quantitative estimate of drug-likeness (QED) is 0.905. The van der Waals surface area contributed by atoms with Crippen molar-refractivity contribution >= 4 is 5.91 Å². The summed E-state index contributed by atoms with van der Waals surface area (Å²) in [4.78, 5) is 36.5. The molecule has 0 aromatic carbocycles. The SMILES string of the molecule is Cc1nc(=O)[nH]c(C)c1CCC(=O)N1CCO[C@@H](c2cccnc2)C1. The fourth-order valence-corrected chi connectivity index (χ4v) is 3.16. The number of hydrogen-bond donors (Lipinski definition) is 1. The molecular formula is C18H22N4O3. The molecule has 0 aliphatic carbocycles. The molecule has 0 bridgehead atoms. The number of rotatable bonds is 4. The van der Waals surface area contributed by atoms with Crippen LogP contribution in [0.15, 0.2) is 29.3 Å². The zero-order chi connectivity index (χ0) is 17.8. The first-order valence-electron chi connectivity index (χ1n) is 8.40. The summed E-state index contributed by atoms with van der Waals surface area (Å²) in [5.41, 5.74) is 3.03. The lowest BCUT2D eigenvalue weighted by Gasteiger charge is -2.33. The Morgan fingerprint density at radius 1 is 1.44 bits per heavy atom. The Hall–Kier alpha value is -2.54. The van der Waals surface area contributed by atoms with Gasteiger partial charge in [0, 0.05) is 42.3 Å². The topological polar surface area (TPSA) is 88.2 Å². The lowest BCUT2D eigenvalue weighted by Crippen LogP contribution is -2.42. The Bertz CT molecular complexity index is 777. The van der Waals surface area contributed by atoms with Crippen molar-refractivity contribution in [2.75, 3.05) is 19.7 Å². The van der Waals surface area contributed by atoms with Crippen LogP contribution in [0.1, 0.15) is 35.0 Å². The Morgan fingerprint density at radius 3 is 3.00 bits per heavy atom. The fraction of sp³-hybridized carbons (Fsp3) is 0.444. The number of amides is 1. The third-order valence-corrected chi connectivity index (χ3v) is 4.52. The van der Waals surface area contributed by atoms with Crippen LogP contribution >= 0.6 is 0 Å². The number of nitrogens with zero attached hydrogens (tertiary/aromatic N) is 3. The number of ether oxygens (including phenoxy) is 1. The molecule has 2 aromatic heterocycles. The lowest BCUT2D eigenvalue weighted by molar-refractivity contribution is -0.139. The summed E-state index contributed by atoms with van der Waals surface area (Å²) >= 11 is 0. The van der Waals surface area contributed by atoms with Gasteiger partial charge in [-0.15, -0.1) is 0 Å². The number of aromatic nitrogens is 3. The van der Waals surface area contributed by atoms with E-state index in [1.165, 1.54) is 0 Å². The number of H-pyrrole nitrogens is 1. The van der Waals surface area contributed by atoms with Gasteiger partial charge >= 0.3 is 5.69 Å². The molecule has 2 aromatic rings. The first-order chi connectivity index (χ1) is 12.0. The van der Waals surface area contributed by atoms with E-state index in [0.717, 1.165) is 16.8 Å². The van der Waals surface area contributed by atoms with Gasteiger partial charge < -0.3 is 14.6 Å². The molecule has 25 heavy (non-hydrogen) atoms. The summed E-state index contributed by atoms with van der Waals surface area (Å²) in [7, 11) is 0. The zero-order valence-corrected chi connectivity index (χ0v) is 14.5. The molecule has 132 valence electrons. The molecule has 1 aliphatic heterocycles. The molecule has 3 heterocycles. The second-order valence-electron chi connectivity index (χ2n) is 6.22. The van der Waals surface area contributed by atoms with Crippen molar-refractivity contribution in [2.45, 2.75) is 32.8 Å². The molecule has 1 aliphatic rings. The number of nitrogens with one attached hydrogen (secondary N) is 1. The van der Waals surface area contributed by atoms with Crippen molar-refractivity contribution in [3.8, 4) is 0 Å². The first-order valence-corrected chi connectivity index (χ1v) is 8.40. The summed E-state index contributed by atoms with van der Waals surface area (Å²) in [6.07, 6.45) is 4.31. The van der Waals surface area contributed by atoms with Crippen LogP contribution in [0.4, 0.5) is 0 Å². The van der Waals surface area contributed by atoms with Crippen LogP contribution in [0, 0.1) is 13.8 Å². The number of aryl methyl sites for hydroxylation is 2. The van der Waals surface area contributed by atoms with Gasteiger partial charge in [-0.2, -0.15) is 4.98 Å². The molecular weight excluding hydrogens is 320 g/mol. The minimum Gasteiger partial charge on any atom is -0.370 e. The minimum atomic E-state index is -0.349. The summed E-state index contributed by atoms with van der Waals surface area (Å²) in [5.74, 6) is 0.0854. The van der Waals surface area contributed by atoms with Crippen molar-refractivity contribution in [2.24, 2.45) is 0 Å². The Kier molecular flexibility index (Phi) is 5.23. The van der Waals surface area contributed by atoms with Gasteiger partial charge in [0.2, 0.25) is 5.91 Å². The third-order valence-electron chi connectivity index (χ3n) is 4.52. The molecule has 1 saturated heterocycles. The maximum Gasteiger partial charge on any atom is 0.345 e. The van der Waals surface area contributed by atoms with E-state index in [1.807, 2.05) is 24.0 Å². The van der Waals surface area contributed by atoms with E-state index in [0.29, 0.717) is 38.2 Å². The van der Waals surface area contributed by atoms with Gasteiger partial charge in [0.15, 0.2) is 0 Å². The maximum absolute atomic E-state index is 12.6. The van der Waals surface area contributed by atoms with Gasteiger partial charge in [0.05, 0.1) is 13.2 Å². The average molecular weight is 342 g/mol. The van der Waals surface area contributed by atoms with E-state index in [4.69, 9.17) is 4.74 Å². The van der Waals surface area contributed by atoms with Crippen LogP contribution in [0.2, 0.25) is 0 Å². The van der Waals surface area contributed by atoms with Gasteiger partial charge in [-0.1, -0.05) is 6.07 Å². The number of hydrogen-bond acceptors (Lipinski definition) is 5. The second-order valence-corrected chi connectivity index (χ2v) is 6.22. The molecule has 1 amide bonds. The molecule has 1 N–H and O–H groups in total. The average Bonchev–Trinajstić information content (AvgIpc) is 2.61. The third kappa shape index (κ3) is 4.11. The number of carbonyl (C=O) groups is 1. The zero-order valence-electron chi connectivity index (χ0n) is 14.5. The molecule has 3 rings (SSSR count). The highest BCUT2D eigenvalue weighted by Crippen LogP contribution is 2.22. The van der Waals surface area contributed by atoms with E-state index in [1.54, 1.807) is 19.3 Å². The van der Waals surface area contributed by atoms with Gasteiger partial charge in [0.1, 0.15) is 6.10 Å². The lowest BCUT2D eigenvalue weighted by atomic mass is 10.1. The highest BCUT2D eigenvalue weighted by molar-refractivity contribution is 5.76. The molecule has 7 nitrogen and oxygen atoms in total. The summed E-state index contributed by atoms with van der Waals surface area (Å²) < 4.78 is 5.77. The van der Waals surface area contributed by atoms with Crippen molar-refractivity contribution in [3.05, 3.63) is 57.5 Å². The van der Waals surface area contributed by atoms with Crippen molar-refractivity contribution in [1.82, 2.24) is 19.9 Å². The predicted octanol–water partition coefficient (Wildman–Crippen LogP) is 1.31. The van der Waals surface area contributed by atoms with Gasteiger partial charge in [-0.05, 0) is 31.9 Å². The highest BCUT2D eigenvalue weighted by atomic mass is 16.5. The van der Waals surface area contributed by atoms with Crippen LogP contribution in [0.3, 0.4) is 0 Å². The van der Waals surface area contributed by atoms with Crippen LogP contribution in [-0.2, 0) is 16.0 Å². The molecule has 0 radical (unpaired) electrons. The maximum atomic E-state index is 12.6. The van der Waals surface area contributed by atoms with E-state index in [-0.39, 0.29) is 17.7 Å². The number of morpholine rings is 1. The monoisotopic (exact) mass is 342 g/mol. The number of pyridine rings is 1. The molecule has 0 saturated carbocycles. The van der Waals surface area contributed by atoms with E-state index < -0.39 is 0 Å². The minimum absolute atomic E-state index is 0.0854. The number of aromatic amines is 1. The molecule has 0 unspecified atom stereocenters. The van der Waals surface area contributed by atoms with E-state index in [9.17, 15) is 9.59 Å². The Morgan fingerprint density at radius 2 is 2.28 bits per heavy atom. The largest absolute Gasteiger partial charge is 0.370 e. The number of carbonyl (C=O) groups excluding carboxylic acids is 1. The van der Waals surface area contributed by atoms with Gasteiger partial charge in [0.25, 0.3) is 0 Å². The van der Waals surface area contributed by atoms with Crippen molar-refractivity contribution in [3.63, 3.8) is 0 Å². The predicted molar refractivity (Wildman–Crippen MR) is 92.2 cm³/mol. The summed E-state index contributed by atoms with van der Waals surface area (Å²) in [6.45, 7) is 5.28. The van der Waals surface area contributed by atoms with E-state index in [2.05, 4.69) is 15.0 Å². The van der Waals surface area contributed by atoms with Gasteiger partial charge in [-0.3, -0.25) is 9.78 Å². The highest BCUT2D eigenvalue weighted by Gasteiger charge is 2.25. The molecule has 0 spiro atoms. The van der Waals surface area contributed by atoms with Crippen LogP contribution in [0.5, 0.6) is 0 Å². The van der Waals surface area contributed by atoms with Crippen molar-refractivity contribution < 1.29 is 9.53 Å². The van der Waals surface area contributed by atoms with Gasteiger partial charge in [-0.25, -0.2) is 4.79 Å². The van der Waals surface area contributed by atoms with Crippen LogP contribution in [-0.4, -0.2) is 45.5 Å². The van der Waals surface area contributed by atoms with Crippen LogP contribution in [0.25, 0.3) is 0 Å². The standard InChI is InChI=1S/C18H22N4O3/c1-12-15(13(2)21-18(24)20-12)5-6-17(23)22-8-9-25-16(11-22)14-4-3-7-19-10-14/h3-4,7,10,16H,5-6,8-9,11H2,1-2H3,(H,20,21,24)/t16-/m1/s1. The first kappa shape index (κ1) is 17.3. The molecule has 7 heteroatoms. The second kappa shape index (κ2) is 7.57. The smallest absolute Gasteiger partial charge is 0.345 e. The molecule has 1 atom stereocenters. The normalized spacial score (nSPS) is 17.5. The van der Waals surface area contributed by atoms with Crippen molar-refractivity contribution in [1.29, 1.82) is 0 Å². The molecule has 1 fully saturated rings. The summed E-state index contributed by atoms with van der Waals surface area (Å²) in [5, 5.41) is 0.